The molecule has 1 aliphatic carbocycles. The Hall–Kier alpha value is -1.26. The summed E-state index contributed by atoms with van der Waals surface area (Å²) in [5.41, 5.74) is 4.00. The van der Waals surface area contributed by atoms with Gasteiger partial charge in [-0.1, -0.05) is 0 Å². The Bertz CT molecular complexity index is 645. The van der Waals surface area contributed by atoms with Crippen molar-refractivity contribution in [3.05, 3.63) is 45.2 Å². The molecule has 2 aromatic rings. The van der Waals surface area contributed by atoms with Crippen LogP contribution in [0.3, 0.4) is 0 Å². The van der Waals surface area contributed by atoms with Gasteiger partial charge >= 0.3 is 0 Å². The molecule has 0 amide bonds. The predicted molar refractivity (Wildman–Crippen MR) is 85.3 cm³/mol. The summed E-state index contributed by atoms with van der Waals surface area (Å²) in [7, 11) is 0. The average Bonchev–Trinajstić information content (AvgIpc) is 3.20. The van der Waals surface area contributed by atoms with Gasteiger partial charge in [-0.15, -0.1) is 11.3 Å². The minimum atomic E-state index is 0.858. The predicted octanol–water partition coefficient (Wildman–Crippen LogP) is 3.36. The zero-order valence-corrected chi connectivity index (χ0v) is 13.3. The van der Waals surface area contributed by atoms with Gasteiger partial charge < -0.3 is 0 Å². The molecule has 3 heterocycles. The fourth-order valence-electron chi connectivity index (χ4n) is 3.01. The van der Waals surface area contributed by atoms with Crippen LogP contribution in [0.25, 0.3) is 0 Å². The van der Waals surface area contributed by atoms with E-state index >= 15 is 0 Å². The number of hydrogen-bond acceptors (Lipinski definition) is 4. The molecular weight excluding hydrogens is 278 g/mol. The topological polar surface area (TPSA) is 29.0 Å². The Balaban J connectivity index is 1.47. The van der Waals surface area contributed by atoms with Gasteiger partial charge in [0.25, 0.3) is 0 Å². The molecule has 1 aliphatic heterocycles. The van der Waals surface area contributed by atoms with Crippen LogP contribution in [0.1, 0.15) is 40.4 Å². The molecule has 21 heavy (non-hydrogen) atoms. The van der Waals surface area contributed by atoms with Gasteiger partial charge in [0.1, 0.15) is 5.82 Å². The number of fused-ring (bicyclic) bond motifs is 1. The monoisotopic (exact) mass is 299 g/mol. The van der Waals surface area contributed by atoms with Crippen LogP contribution in [0.5, 0.6) is 0 Å². The van der Waals surface area contributed by atoms with Crippen LogP contribution in [0.15, 0.2) is 17.6 Å². The number of hydrogen-bond donors (Lipinski definition) is 0. The summed E-state index contributed by atoms with van der Waals surface area (Å²) < 4.78 is 0. The molecule has 0 unspecified atom stereocenters. The van der Waals surface area contributed by atoms with Gasteiger partial charge in [0.05, 0.1) is 5.69 Å². The maximum Gasteiger partial charge on any atom is 0.128 e. The van der Waals surface area contributed by atoms with Crippen LogP contribution in [0.2, 0.25) is 0 Å². The summed E-state index contributed by atoms with van der Waals surface area (Å²) in [6, 6.07) is 2.30. The first-order valence-corrected chi connectivity index (χ1v) is 8.74. The first kappa shape index (κ1) is 13.4. The first-order valence-electron chi connectivity index (χ1n) is 7.86. The van der Waals surface area contributed by atoms with Crippen molar-refractivity contribution in [3.63, 3.8) is 0 Å². The third-order valence-electron chi connectivity index (χ3n) is 4.41. The average molecular weight is 299 g/mol. The van der Waals surface area contributed by atoms with Gasteiger partial charge in [0.15, 0.2) is 0 Å². The van der Waals surface area contributed by atoms with E-state index in [1.54, 1.807) is 0 Å². The summed E-state index contributed by atoms with van der Waals surface area (Å²) >= 11 is 1.87. The fourth-order valence-corrected chi connectivity index (χ4v) is 3.92. The highest BCUT2D eigenvalue weighted by molar-refractivity contribution is 7.10. The largest absolute Gasteiger partial charge is 0.292 e. The van der Waals surface area contributed by atoms with E-state index in [9.17, 15) is 0 Å². The number of nitrogens with zero attached hydrogens (tertiary/aromatic N) is 3. The fraction of sp³-hybridized carbons (Fsp3) is 0.529. The van der Waals surface area contributed by atoms with Gasteiger partial charge in [-0.2, -0.15) is 0 Å². The Morgan fingerprint density at radius 3 is 3.05 bits per heavy atom. The van der Waals surface area contributed by atoms with Crippen molar-refractivity contribution in [2.24, 2.45) is 5.92 Å². The molecule has 4 heteroatoms. The molecule has 0 saturated heterocycles. The Morgan fingerprint density at radius 2 is 2.29 bits per heavy atom. The summed E-state index contributed by atoms with van der Waals surface area (Å²) in [5.74, 6) is 1.92. The van der Waals surface area contributed by atoms with Crippen molar-refractivity contribution >= 4 is 11.3 Å². The van der Waals surface area contributed by atoms with Crippen molar-refractivity contribution in [2.45, 2.75) is 45.7 Å². The quantitative estimate of drug-likeness (QED) is 0.867. The summed E-state index contributed by atoms with van der Waals surface area (Å²) in [6.07, 6.45) is 6.97. The second-order valence-electron chi connectivity index (χ2n) is 6.46. The second-order valence-corrected chi connectivity index (χ2v) is 7.45. The molecule has 0 N–H and O–H groups in total. The molecule has 0 radical (unpaired) electrons. The molecule has 3 nitrogen and oxygen atoms in total. The highest BCUT2D eigenvalue weighted by atomic mass is 32.1. The lowest BCUT2D eigenvalue weighted by molar-refractivity contribution is 0.242. The van der Waals surface area contributed by atoms with E-state index < -0.39 is 0 Å². The van der Waals surface area contributed by atoms with Crippen molar-refractivity contribution in [2.75, 3.05) is 6.54 Å². The normalized spacial score (nSPS) is 18.7. The molecule has 2 aliphatic rings. The molecule has 0 aromatic carbocycles. The van der Waals surface area contributed by atoms with E-state index in [1.165, 1.54) is 34.5 Å². The lowest BCUT2D eigenvalue weighted by atomic mass is 10.1. The van der Waals surface area contributed by atoms with E-state index in [0.29, 0.717) is 0 Å². The molecule has 1 fully saturated rings. The number of aryl methyl sites for hydroxylation is 1. The number of rotatable bonds is 4. The van der Waals surface area contributed by atoms with Crippen molar-refractivity contribution in [1.29, 1.82) is 0 Å². The molecule has 0 atom stereocenters. The Morgan fingerprint density at radius 1 is 1.38 bits per heavy atom. The van der Waals surface area contributed by atoms with Crippen molar-refractivity contribution in [1.82, 2.24) is 14.9 Å². The van der Waals surface area contributed by atoms with Gasteiger partial charge in [-0.25, -0.2) is 9.97 Å². The van der Waals surface area contributed by atoms with E-state index in [4.69, 9.17) is 4.98 Å². The molecule has 4 rings (SSSR count). The molecule has 1 saturated carbocycles. The lowest BCUT2D eigenvalue weighted by Crippen LogP contribution is -2.31. The van der Waals surface area contributed by atoms with E-state index in [1.807, 2.05) is 11.3 Å². The zero-order valence-electron chi connectivity index (χ0n) is 12.5. The highest BCUT2D eigenvalue weighted by Crippen LogP contribution is 2.32. The zero-order chi connectivity index (χ0) is 14.2. The van der Waals surface area contributed by atoms with Crippen LogP contribution >= 0.6 is 11.3 Å². The maximum atomic E-state index is 4.84. The molecule has 0 bridgehead atoms. The summed E-state index contributed by atoms with van der Waals surface area (Å²) in [5, 5.41) is 2.24. The van der Waals surface area contributed by atoms with Crippen LogP contribution in [0.4, 0.5) is 0 Å². The highest BCUT2D eigenvalue weighted by Gasteiger charge is 2.24. The van der Waals surface area contributed by atoms with Crippen LogP contribution < -0.4 is 0 Å². The standard InChI is InChI=1S/C17H21N3S/c1-12-6-15(21-11-12)9-20-5-4-14-8-18-17(7-13-2-3-13)19-16(14)10-20/h6,8,11,13H,2-5,7,9-10H2,1H3. The molecule has 0 spiro atoms. The second kappa shape index (κ2) is 5.50. The van der Waals surface area contributed by atoms with E-state index in [0.717, 1.165) is 44.2 Å². The first-order chi connectivity index (χ1) is 10.3. The number of aromatic nitrogens is 2. The smallest absolute Gasteiger partial charge is 0.128 e. The third kappa shape index (κ3) is 3.16. The van der Waals surface area contributed by atoms with Crippen LogP contribution in [0, 0.1) is 12.8 Å². The molecular formula is C17H21N3S. The van der Waals surface area contributed by atoms with Crippen molar-refractivity contribution in [3.8, 4) is 0 Å². The minimum absolute atomic E-state index is 0.858. The van der Waals surface area contributed by atoms with E-state index in [2.05, 4.69) is 34.5 Å². The minimum Gasteiger partial charge on any atom is -0.292 e. The Labute approximate surface area is 130 Å². The maximum absolute atomic E-state index is 4.84. The third-order valence-corrected chi connectivity index (χ3v) is 5.45. The summed E-state index contributed by atoms with van der Waals surface area (Å²) in [6.45, 7) is 5.32. The Kier molecular flexibility index (Phi) is 3.51. The van der Waals surface area contributed by atoms with Gasteiger partial charge in [0, 0.05) is 37.1 Å². The number of thiophene rings is 1. The van der Waals surface area contributed by atoms with Crippen LogP contribution in [-0.4, -0.2) is 21.4 Å². The van der Waals surface area contributed by atoms with Gasteiger partial charge in [-0.05, 0) is 54.7 Å². The van der Waals surface area contributed by atoms with Gasteiger partial charge in [0.2, 0.25) is 0 Å². The molecule has 2 aromatic heterocycles. The van der Waals surface area contributed by atoms with E-state index in [-0.39, 0.29) is 0 Å². The lowest BCUT2D eigenvalue weighted by Gasteiger charge is -2.27. The summed E-state index contributed by atoms with van der Waals surface area (Å²) in [4.78, 5) is 13.4. The SMILES string of the molecule is Cc1csc(CN2CCc3cnc(CC4CC4)nc3C2)c1. The van der Waals surface area contributed by atoms with Gasteiger partial charge in [-0.3, -0.25) is 4.90 Å². The molecule has 110 valence electrons. The van der Waals surface area contributed by atoms with Crippen LogP contribution in [-0.2, 0) is 25.9 Å². The van der Waals surface area contributed by atoms with Crippen molar-refractivity contribution < 1.29 is 0 Å².